The van der Waals surface area contributed by atoms with Crippen molar-refractivity contribution in [1.82, 2.24) is 4.90 Å². The van der Waals surface area contributed by atoms with Gasteiger partial charge in [-0.05, 0) is 30.5 Å². The number of hydrogen-bond donors (Lipinski definition) is 2. The van der Waals surface area contributed by atoms with Crippen molar-refractivity contribution in [3.8, 4) is 11.1 Å². The number of benzene rings is 2. The van der Waals surface area contributed by atoms with Gasteiger partial charge in [0, 0.05) is 6.20 Å². The highest BCUT2D eigenvalue weighted by atomic mass is 16.3. The van der Waals surface area contributed by atoms with Crippen LogP contribution in [0.2, 0.25) is 0 Å². The zero-order chi connectivity index (χ0) is 16.0. The van der Waals surface area contributed by atoms with Gasteiger partial charge in [0.05, 0.1) is 12.9 Å². The van der Waals surface area contributed by atoms with Gasteiger partial charge in [-0.1, -0.05) is 60.7 Å². The van der Waals surface area contributed by atoms with Gasteiger partial charge in [-0.2, -0.15) is 0 Å². The van der Waals surface area contributed by atoms with E-state index in [0.29, 0.717) is 6.54 Å². The first-order valence-electron chi connectivity index (χ1n) is 7.34. The minimum Gasteiger partial charge on any atom is -0.384 e. The Balaban J connectivity index is 2.20. The van der Waals surface area contributed by atoms with Crippen molar-refractivity contribution >= 4 is 6.34 Å². The van der Waals surface area contributed by atoms with E-state index in [1.54, 1.807) is 18.0 Å². The molecule has 3 nitrogen and oxygen atoms in total. The molecule has 0 aliphatic carbocycles. The predicted molar refractivity (Wildman–Crippen MR) is 91.8 cm³/mol. The lowest BCUT2D eigenvalue weighted by Crippen LogP contribution is -2.35. The second-order valence-corrected chi connectivity index (χ2v) is 5.50. The third-order valence-electron chi connectivity index (χ3n) is 3.61. The Morgan fingerprint density at radius 3 is 2.18 bits per heavy atom. The molecule has 22 heavy (non-hydrogen) atoms. The molecule has 2 aromatic rings. The summed E-state index contributed by atoms with van der Waals surface area (Å²) >= 11 is 0. The summed E-state index contributed by atoms with van der Waals surface area (Å²) in [5.74, 6) is 0. The summed E-state index contributed by atoms with van der Waals surface area (Å²) in [7, 11) is 0. The number of nitrogens with zero attached hydrogens (tertiary/aromatic N) is 1. The van der Waals surface area contributed by atoms with E-state index in [4.69, 9.17) is 5.41 Å². The number of nitrogens with one attached hydrogen (secondary N) is 1. The van der Waals surface area contributed by atoms with Crippen LogP contribution in [0.15, 0.2) is 66.9 Å². The van der Waals surface area contributed by atoms with Crippen LogP contribution in [0.3, 0.4) is 0 Å². The van der Waals surface area contributed by atoms with E-state index in [1.807, 2.05) is 55.5 Å². The van der Waals surface area contributed by atoms with Crippen molar-refractivity contribution < 1.29 is 5.11 Å². The van der Waals surface area contributed by atoms with Gasteiger partial charge in [0.25, 0.3) is 0 Å². The van der Waals surface area contributed by atoms with Gasteiger partial charge in [-0.3, -0.25) is 5.41 Å². The minimum absolute atomic E-state index is 0.339. The van der Waals surface area contributed by atoms with Crippen LogP contribution in [0, 0.1) is 5.41 Å². The first-order chi connectivity index (χ1) is 10.6. The number of rotatable bonds is 6. The molecule has 0 heterocycles. The molecule has 0 aromatic heterocycles. The summed E-state index contributed by atoms with van der Waals surface area (Å²) in [6.07, 6.45) is 4.84. The lowest BCUT2D eigenvalue weighted by molar-refractivity contribution is 0.0434. The molecule has 0 radical (unpaired) electrons. The first kappa shape index (κ1) is 16.0. The second-order valence-electron chi connectivity index (χ2n) is 5.50. The molecule has 1 unspecified atom stereocenters. The van der Waals surface area contributed by atoms with Crippen LogP contribution in [0.4, 0.5) is 0 Å². The zero-order valence-electron chi connectivity index (χ0n) is 13.0. The molecule has 1 atom stereocenters. The molecule has 3 heteroatoms. The quantitative estimate of drug-likeness (QED) is 0.625. The largest absolute Gasteiger partial charge is 0.384 e. The van der Waals surface area contributed by atoms with Crippen molar-refractivity contribution in [3.05, 3.63) is 72.4 Å². The van der Waals surface area contributed by atoms with Gasteiger partial charge in [0.2, 0.25) is 0 Å². The fourth-order valence-corrected chi connectivity index (χ4v) is 2.43. The number of aliphatic hydroxyl groups is 1. The summed E-state index contributed by atoms with van der Waals surface area (Å²) < 4.78 is 0. The highest BCUT2D eigenvalue weighted by molar-refractivity contribution is 5.63. The molecule has 0 amide bonds. The van der Waals surface area contributed by atoms with Crippen LogP contribution in [0.5, 0.6) is 0 Å². The molecule has 2 aromatic carbocycles. The van der Waals surface area contributed by atoms with Gasteiger partial charge >= 0.3 is 0 Å². The molecule has 0 fully saturated rings. The van der Waals surface area contributed by atoms with Crippen molar-refractivity contribution in [2.24, 2.45) is 0 Å². The fraction of sp³-hybridized carbons (Fsp3) is 0.211. The fourth-order valence-electron chi connectivity index (χ4n) is 2.43. The molecule has 2 N–H and O–H groups in total. The van der Waals surface area contributed by atoms with Gasteiger partial charge < -0.3 is 10.0 Å². The summed E-state index contributed by atoms with van der Waals surface area (Å²) in [6, 6.07) is 18.1. The van der Waals surface area contributed by atoms with E-state index in [2.05, 4.69) is 12.1 Å². The van der Waals surface area contributed by atoms with Gasteiger partial charge in [-0.25, -0.2) is 0 Å². The highest BCUT2D eigenvalue weighted by Crippen LogP contribution is 2.25. The van der Waals surface area contributed by atoms with Crippen LogP contribution >= 0.6 is 0 Å². The van der Waals surface area contributed by atoms with E-state index >= 15 is 0 Å². The Bertz CT molecular complexity index is 630. The molecule has 0 aliphatic rings. The average molecular weight is 294 g/mol. The Morgan fingerprint density at radius 2 is 1.64 bits per heavy atom. The minimum atomic E-state index is -1.02. The molecule has 0 saturated carbocycles. The highest BCUT2D eigenvalue weighted by Gasteiger charge is 2.24. The van der Waals surface area contributed by atoms with Gasteiger partial charge in [0.15, 0.2) is 0 Å². The van der Waals surface area contributed by atoms with Crippen LogP contribution in [0.25, 0.3) is 11.1 Å². The standard InChI is InChI=1S/C19H22N2O/c1-3-13-21(15-20)14-19(2,22)18-11-9-17(10-12-18)16-7-5-4-6-8-16/h3-13,15,20,22H,14H2,1-2H3/b13-3-,20-15?. The summed E-state index contributed by atoms with van der Waals surface area (Å²) in [4.78, 5) is 1.66. The van der Waals surface area contributed by atoms with Crippen LogP contribution in [-0.4, -0.2) is 22.9 Å². The van der Waals surface area contributed by atoms with Gasteiger partial charge in [-0.15, -0.1) is 0 Å². The van der Waals surface area contributed by atoms with Crippen molar-refractivity contribution in [3.63, 3.8) is 0 Å². The molecule has 2 rings (SSSR count). The monoisotopic (exact) mass is 294 g/mol. The topological polar surface area (TPSA) is 47.3 Å². The summed E-state index contributed by atoms with van der Waals surface area (Å²) in [5, 5.41) is 18.1. The predicted octanol–water partition coefficient (Wildman–Crippen LogP) is 4.00. The normalized spacial score (nSPS) is 13.8. The molecule has 0 aliphatic heterocycles. The number of hydrogen-bond acceptors (Lipinski definition) is 2. The molecular weight excluding hydrogens is 272 g/mol. The third kappa shape index (κ3) is 3.83. The number of allylic oxidation sites excluding steroid dienone is 1. The maximum Gasteiger partial charge on any atom is 0.105 e. The second kappa shape index (κ2) is 7.05. The summed E-state index contributed by atoms with van der Waals surface area (Å²) in [5.41, 5.74) is 2.09. The Labute approximate surface area is 132 Å². The van der Waals surface area contributed by atoms with Gasteiger partial charge in [0.1, 0.15) is 5.60 Å². The van der Waals surface area contributed by atoms with E-state index in [-0.39, 0.29) is 0 Å². The molecule has 0 saturated heterocycles. The Morgan fingerprint density at radius 1 is 1.05 bits per heavy atom. The Kier molecular flexibility index (Phi) is 5.12. The maximum atomic E-state index is 10.7. The van der Waals surface area contributed by atoms with Crippen molar-refractivity contribution in [2.75, 3.05) is 6.54 Å². The molecule has 0 spiro atoms. The van der Waals surface area contributed by atoms with E-state index in [1.165, 1.54) is 6.34 Å². The lowest BCUT2D eigenvalue weighted by Gasteiger charge is -2.28. The van der Waals surface area contributed by atoms with Crippen molar-refractivity contribution in [2.45, 2.75) is 19.4 Å². The van der Waals surface area contributed by atoms with E-state index in [0.717, 1.165) is 16.7 Å². The van der Waals surface area contributed by atoms with Crippen molar-refractivity contribution in [1.29, 1.82) is 5.41 Å². The molecule has 0 bridgehead atoms. The van der Waals surface area contributed by atoms with Crippen LogP contribution in [-0.2, 0) is 5.60 Å². The smallest absolute Gasteiger partial charge is 0.105 e. The first-order valence-corrected chi connectivity index (χ1v) is 7.34. The SMILES string of the molecule is C/C=C\N(C=N)CC(C)(O)c1ccc(-c2ccccc2)cc1. The lowest BCUT2D eigenvalue weighted by atomic mass is 9.93. The van der Waals surface area contributed by atoms with Crippen LogP contribution in [0.1, 0.15) is 19.4 Å². The average Bonchev–Trinajstić information content (AvgIpc) is 2.55. The zero-order valence-corrected chi connectivity index (χ0v) is 13.0. The molecule has 114 valence electrons. The van der Waals surface area contributed by atoms with E-state index in [9.17, 15) is 5.11 Å². The maximum absolute atomic E-state index is 10.7. The Hall–Kier alpha value is -2.39. The van der Waals surface area contributed by atoms with Crippen LogP contribution < -0.4 is 0 Å². The molecular formula is C19H22N2O. The summed E-state index contributed by atoms with van der Waals surface area (Å²) in [6.45, 7) is 4.00. The van der Waals surface area contributed by atoms with E-state index < -0.39 is 5.60 Å². The third-order valence-corrected chi connectivity index (χ3v) is 3.61.